The highest BCUT2D eigenvalue weighted by atomic mass is 32.2. The van der Waals surface area contributed by atoms with Crippen molar-refractivity contribution in [3.8, 4) is 0 Å². The first kappa shape index (κ1) is 15.3. The van der Waals surface area contributed by atoms with Crippen LogP contribution in [0.3, 0.4) is 0 Å². The molecule has 1 unspecified atom stereocenters. The Hall–Kier alpha value is -1.12. The van der Waals surface area contributed by atoms with Gasteiger partial charge in [-0.15, -0.1) is 0 Å². The molecule has 2 N–H and O–H groups in total. The predicted octanol–water partition coefficient (Wildman–Crippen LogP) is 0.385. The van der Waals surface area contributed by atoms with Crippen molar-refractivity contribution < 1.29 is 16.8 Å². The number of nitrogens with zero attached hydrogens (tertiary/aromatic N) is 1. The Bertz CT molecular complexity index is 726. The molecule has 112 valence electrons. The van der Waals surface area contributed by atoms with Crippen LogP contribution in [0.25, 0.3) is 0 Å². The monoisotopic (exact) mass is 318 g/mol. The second-order valence-electron chi connectivity index (χ2n) is 5.10. The molecule has 1 fully saturated rings. The number of sulfonamides is 1. The highest BCUT2D eigenvalue weighted by Gasteiger charge is 2.37. The van der Waals surface area contributed by atoms with Crippen LogP contribution in [-0.2, 0) is 19.9 Å². The van der Waals surface area contributed by atoms with Crippen molar-refractivity contribution in [2.24, 2.45) is 0 Å². The smallest absolute Gasteiger partial charge is 0.243 e. The zero-order valence-electron chi connectivity index (χ0n) is 11.4. The number of sulfone groups is 1. The minimum absolute atomic E-state index is 0.0138. The van der Waals surface area contributed by atoms with Crippen LogP contribution in [0.15, 0.2) is 23.1 Å². The summed E-state index contributed by atoms with van der Waals surface area (Å²) in [6.07, 6.45) is 0. The number of rotatable bonds is 2. The summed E-state index contributed by atoms with van der Waals surface area (Å²) < 4.78 is 49.7. The normalized spacial score (nSPS) is 23.6. The van der Waals surface area contributed by atoms with Crippen LogP contribution < -0.4 is 5.73 Å². The third-order valence-electron chi connectivity index (χ3n) is 3.41. The number of aryl methyl sites for hydroxylation is 1. The van der Waals surface area contributed by atoms with Crippen molar-refractivity contribution in [3.05, 3.63) is 23.8 Å². The van der Waals surface area contributed by atoms with Gasteiger partial charge in [0, 0.05) is 18.3 Å². The Morgan fingerprint density at radius 1 is 1.35 bits per heavy atom. The molecule has 1 aliphatic rings. The fourth-order valence-electron chi connectivity index (χ4n) is 2.36. The summed E-state index contributed by atoms with van der Waals surface area (Å²) in [7, 11) is -6.88. The van der Waals surface area contributed by atoms with Gasteiger partial charge < -0.3 is 5.73 Å². The lowest BCUT2D eigenvalue weighted by molar-refractivity contribution is 0.356. The van der Waals surface area contributed by atoms with Crippen LogP contribution in [0.2, 0.25) is 0 Å². The Morgan fingerprint density at radius 2 is 2.00 bits per heavy atom. The highest BCUT2D eigenvalue weighted by Crippen LogP contribution is 2.26. The lowest BCUT2D eigenvalue weighted by Gasteiger charge is -2.32. The fraction of sp³-hybridized carbons (Fsp3) is 0.500. The Balaban J connectivity index is 2.43. The average Bonchev–Trinajstić information content (AvgIpc) is 2.30. The second-order valence-corrected chi connectivity index (χ2v) is 9.19. The number of hydrogen-bond acceptors (Lipinski definition) is 5. The number of benzene rings is 1. The molecule has 1 aromatic carbocycles. The van der Waals surface area contributed by atoms with Gasteiger partial charge in [-0.05, 0) is 31.5 Å². The molecule has 1 aliphatic heterocycles. The molecule has 6 nitrogen and oxygen atoms in total. The molecule has 0 amide bonds. The first-order chi connectivity index (χ1) is 9.13. The molecule has 0 aromatic heterocycles. The van der Waals surface area contributed by atoms with E-state index in [-0.39, 0.29) is 22.9 Å². The van der Waals surface area contributed by atoms with Crippen molar-refractivity contribution in [1.29, 1.82) is 0 Å². The number of nitrogens with two attached hydrogens (primary N) is 1. The van der Waals surface area contributed by atoms with Crippen LogP contribution >= 0.6 is 0 Å². The maximum atomic E-state index is 12.7. The van der Waals surface area contributed by atoms with Crippen LogP contribution in [0.1, 0.15) is 12.5 Å². The van der Waals surface area contributed by atoms with E-state index in [2.05, 4.69) is 0 Å². The van der Waals surface area contributed by atoms with Gasteiger partial charge in [-0.2, -0.15) is 4.31 Å². The van der Waals surface area contributed by atoms with E-state index in [4.69, 9.17) is 5.73 Å². The van der Waals surface area contributed by atoms with Gasteiger partial charge in [-0.3, -0.25) is 0 Å². The third-order valence-corrected chi connectivity index (χ3v) is 7.36. The van der Waals surface area contributed by atoms with Crippen molar-refractivity contribution in [1.82, 2.24) is 4.31 Å². The number of anilines is 1. The highest BCUT2D eigenvalue weighted by molar-refractivity contribution is 7.92. The topological polar surface area (TPSA) is 97.5 Å². The van der Waals surface area contributed by atoms with Gasteiger partial charge in [-0.1, -0.05) is 6.07 Å². The van der Waals surface area contributed by atoms with Crippen LogP contribution in [0.5, 0.6) is 0 Å². The van der Waals surface area contributed by atoms with E-state index in [1.807, 2.05) is 0 Å². The van der Waals surface area contributed by atoms with E-state index >= 15 is 0 Å². The average molecular weight is 318 g/mol. The van der Waals surface area contributed by atoms with E-state index < -0.39 is 25.9 Å². The summed E-state index contributed by atoms with van der Waals surface area (Å²) in [5.41, 5.74) is 6.62. The molecule has 1 saturated heterocycles. The van der Waals surface area contributed by atoms with Crippen molar-refractivity contribution >= 4 is 25.5 Å². The van der Waals surface area contributed by atoms with Crippen LogP contribution in [0, 0.1) is 6.92 Å². The second kappa shape index (κ2) is 5.01. The fourth-order valence-corrected chi connectivity index (χ4v) is 6.02. The lowest BCUT2D eigenvalue weighted by atomic mass is 10.2. The summed E-state index contributed by atoms with van der Waals surface area (Å²) in [5.74, 6) is -0.286. The Morgan fingerprint density at radius 3 is 2.60 bits per heavy atom. The number of hydrogen-bond donors (Lipinski definition) is 1. The minimum atomic E-state index is -3.73. The molecule has 1 atom stereocenters. The van der Waals surface area contributed by atoms with Crippen molar-refractivity contribution in [2.45, 2.75) is 24.8 Å². The van der Waals surface area contributed by atoms with Gasteiger partial charge >= 0.3 is 0 Å². The first-order valence-corrected chi connectivity index (χ1v) is 9.48. The molecule has 2 rings (SSSR count). The van der Waals surface area contributed by atoms with Gasteiger partial charge in [0.1, 0.15) is 0 Å². The summed E-state index contributed by atoms with van der Waals surface area (Å²) in [4.78, 5) is 0.142. The van der Waals surface area contributed by atoms with E-state index in [1.165, 1.54) is 10.4 Å². The molecule has 0 bridgehead atoms. The standard InChI is InChI=1S/C12H18N2O4S2/c1-9-3-4-11(13)7-12(9)20(17,18)14-5-6-19(15,16)8-10(14)2/h3-4,7,10H,5-6,8,13H2,1-2H3. The lowest BCUT2D eigenvalue weighted by Crippen LogP contribution is -2.49. The maximum Gasteiger partial charge on any atom is 0.243 e. The largest absolute Gasteiger partial charge is 0.399 e. The molecule has 0 radical (unpaired) electrons. The quantitative estimate of drug-likeness (QED) is 0.795. The summed E-state index contributed by atoms with van der Waals surface area (Å²) in [5, 5.41) is 0. The van der Waals surface area contributed by atoms with Gasteiger partial charge in [0.05, 0.1) is 16.4 Å². The summed E-state index contributed by atoms with van der Waals surface area (Å²) in [6.45, 7) is 3.29. The van der Waals surface area contributed by atoms with Gasteiger partial charge in [-0.25, -0.2) is 16.8 Å². The predicted molar refractivity (Wildman–Crippen MR) is 77.6 cm³/mol. The summed E-state index contributed by atoms with van der Waals surface area (Å²) >= 11 is 0. The van der Waals surface area contributed by atoms with Crippen LogP contribution in [-0.4, -0.2) is 45.2 Å². The molecular weight excluding hydrogens is 300 g/mol. The van der Waals surface area contributed by atoms with E-state index in [9.17, 15) is 16.8 Å². The molecule has 1 aromatic rings. The zero-order valence-corrected chi connectivity index (χ0v) is 13.0. The first-order valence-electron chi connectivity index (χ1n) is 6.22. The molecular formula is C12H18N2O4S2. The molecule has 1 heterocycles. The Kier molecular flexibility index (Phi) is 3.83. The van der Waals surface area contributed by atoms with Gasteiger partial charge in [0.15, 0.2) is 9.84 Å². The maximum absolute atomic E-state index is 12.7. The minimum Gasteiger partial charge on any atom is -0.399 e. The van der Waals surface area contributed by atoms with E-state index in [0.29, 0.717) is 11.3 Å². The van der Waals surface area contributed by atoms with E-state index in [1.54, 1.807) is 26.0 Å². The van der Waals surface area contributed by atoms with Gasteiger partial charge in [0.25, 0.3) is 0 Å². The molecule has 8 heteroatoms. The van der Waals surface area contributed by atoms with Gasteiger partial charge in [0.2, 0.25) is 10.0 Å². The number of nitrogen functional groups attached to an aromatic ring is 1. The van der Waals surface area contributed by atoms with E-state index in [0.717, 1.165) is 0 Å². The molecule has 0 aliphatic carbocycles. The summed E-state index contributed by atoms with van der Waals surface area (Å²) in [6, 6.07) is 4.13. The SMILES string of the molecule is Cc1ccc(N)cc1S(=O)(=O)N1CCS(=O)(=O)CC1C. The third kappa shape index (κ3) is 2.82. The molecule has 0 spiro atoms. The molecule has 20 heavy (non-hydrogen) atoms. The zero-order chi connectivity index (χ0) is 15.1. The van der Waals surface area contributed by atoms with Crippen molar-refractivity contribution in [3.63, 3.8) is 0 Å². The van der Waals surface area contributed by atoms with Crippen molar-refractivity contribution in [2.75, 3.05) is 23.8 Å². The van der Waals surface area contributed by atoms with Crippen LogP contribution in [0.4, 0.5) is 5.69 Å². The molecule has 0 saturated carbocycles. The Labute approximate surface area is 119 Å².